The molecule has 1 nitrogen and oxygen atoms in total. The van der Waals surface area contributed by atoms with E-state index in [-0.39, 0.29) is 41.9 Å². The van der Waals surface area contributed by atoms with Crippen molar-refractivity contribution in [3.8, 4) is 5.75 Å². The molecule has 1 aromatic carbocycles. The normalized spacial score (nSPS) is 5.45. The van der Waals surface area contributed by atoms with Crippen LogP contribution in [0, 0.1) is 0 Å². The van der Waals surface area contributed by atoms with Gasteiger partial charge in [0.1, 0.15) is 5.75 Å². The molecule has 0 aliphatic heterocycles. The molecule has 0 atom stereocenters. The summed E-state index contributed by atoms with van der Waals surface area (Å²) in [7, 11) is 0. The maximum absolute atomic E-state index is 8.63. The number of aromatic hydroxyl groups is 1. The number of hydrogen-bond acceptors (Lipinski definition) is 1. The third kappa shape index (κ3) is 9.82. The van der Waals surface area contributed by atoms with Crippen LogP contribution in [0.1, 0.15) is 0 Å². The molecule has 0 bridgehead atoms. The van der Waals surface area contributed by atoms with Crippen LogP contribution in [0.15, 0.2) is 30.3 Å². The summed E-state index contributed by atoms with van der Waals surface area (Å²) >= 11 is 0. The van der Waals surface area contributed by atoms with Crippen molar-refractivity contribution < 1.29 is 9.81 Å². The molecule has 5 heteroatoms. The van der Waals surface area contributed by atoms with E-state index in [2.05, 4.69) is 0 Å². The summed E-state index contributed by atoms with van der Waals surface area (Å²) < 4.78 is 0. The largest absolute Gasteiger partial charge is 0.508 e. The van der Waals surface area contributed by atoms with Gasteiger partial charge in [0.05, 0.1) is 0 Å². The van der Waals surface area contributed by atoms with Crippen LogP contribution in [0.3, 0.4) is 0 Å². The van der Waals surface area contributed by atoms with E-state index in [1.165, 1.54) is 0 Å². The fourth-order valence-corrected chi connectivity index (χ4v) is 0.428. The molecular weight excluding hydrogens is 213 g/mol. The highest BCUT2D eigenvalue weighted by molar-refractivity contribution is 5.86. The van der Waals surface area contributed by atoms with Gasteiger partial charge in [-0.15, -0.1) is 37.2 Å². The molecule has 0 saturated heterocycles. The fourth-order valence-electron chi connectivity index (χ4n) is 0.428. The molecule has 0 aliphatic carbocycles. The molecule has 0 fully saturated rings. The standard InChI is InChI=1S/C6H6O.3ClH.FH/c7-6-4-2-1-3-5-6;;;;/h1-5,7H;4*1H. The zero-order valence-electron chi connectivity index (χ0n) is 5.47. The molecule has 0 aliphatic rings. The van der Waals surface area contributed by atoms with Crippen molar-refractivity contribution in [3.05, 3.63) is 30.3 Å². The van der Waals surface area contributed by atoms with E-state index < -0.39 is 0 Å². The Morgan fingerprint density at radius 2 is 1.18 bits per heavy atom. The van der Waals surface area contributed by atoms with Crippen molar-refractivity contribution in [2.24, 2.45) is 0 Å². The van der Waals surface area contributed by atoms with Crippen LogP contribution in [-0.2, 0) is 0 Å². The number of phenols is 1. The Balaban J connectivity index is -0.0000000612. The van der Waals surface area contributed by atoms with Crippen LogP contribution in [0.25, 0.3) is 0 Å². The van der Waals surface area contributed by atoms with Crippen LogP contribution >= 0.6 is 37.2 Å². The Morgan fingerprint density at radius 3 is 1.36 bits per heavy atom. The number of rotatable bonds is 0. The van der Waals surface area contributed by atoms with Gasteiger partial charge < -0.3 is 5.11 Å². The molecule has 0 spiro atoms. The Labute approximate surface area is 83.4 Å². The zero-order chi connectivity index (χ0) is 5.11. The predicted molar refractivity (Wildman–Crippen MR) is 52.4 cm³/mol. The van der Waals surface area contributed by atoms with E-state index in [9.17, 15) is 0 Å². The van der Waals surface area contributed by atoms with Crippen molar-refractivity contribution in [2.45, 2.75) is 0 Å². The molecule has 0 saturated carbocycles. The van der Waals surface area contributed by atoms with Gasteiger partial charge in [-0.3, -0.25) is 4.70 Å². The van der Waals surface area contributed by atoms with E-state index >= 15 is 0 Å². The lowest BCUT2D eigenvalue weighted by Crippen LogP contribution is -1.56. The first kappa shape index (κ1) is 22.4. The Bertz CT molecular complexity index is 148. The minimum atomic E-state index is 0. The maximum atomic E-state index is 8.63. The second-order valence-corrected chi connectivity index (χ2v) is 1.34. The second-order valence-electron chi connectivity index (χ2n) is 1.34. The summed E-state index contributed by atoms with van der Waals surface area (Å²) in [6.07, 6.45) is 0. The zero-order valence-corrected chi connectivity index (χ0v) is 7.92. The van der Waals surface area contributed by atoms with Crippen molar-refractivity contribution in [2.75, 3.05) is 0 Å². The summed E-state index contributed by atoms with van der Waals surface area (Å²) in [5.74, 6) is 0.322. The van der Waals surface area contributed by atoms with Crippen molar-refractivity contribution in [1.82, 2.24) is 0 Å². The first-order valence-corrected chi connectivity index (χ1v) is 2.13. The lowest BCUT2D eigenvalue weighted by atomic mass is 10.3. The van der Waals surface area contributed by atoms with Gasteiger partial charge in [-0.05, 0) is 12.1 Å². The van der Waals surface area contributed by atoms with Crippen LogP contribution in [-0.4, -0.2) is 5.11 Å². The van der Waals surface area contributed by atoms with Crippen LogP contribution in [0.5, 0.6) is 5.75 Å². The van der Waals surface area contributed by atoms with Gasteiger partial charge in [0.15, 0.2) is 0 Å². The molecule has 0 amide bonds. The lowest BCUT2D eigenvalue weighted by Gasteiger charge is -1.82. The van der Waals surface area contributed by atoms with Gasteiger partial charge in [0.2, 0.25) is 0 Å². The number of hydrogen-bond donors (Lipinski definition) is 1. The van der Waals surface area contributed by atoms with Gasteiger partial charge >= 0.3 is 0 Å². The predicted octanol–water partition coefficient (Wildman–Crippen LogP) is 2.81. The molecule has 0 unspecified atom stereocenters. The monoisotopic (exact) mass is 222 g/mol. The third-order valence-corrected chi connectivity index (χ3v) is 0.756. The van der Waals surface area contributed by atoms with E-state index in [0.29, 0.717) is 5.75 Å². The molecule has 1 aromatic rings. The molecule has 11 heavy (non-hydrogen) atoms. The Hall–Kier alpha value is -0.180. The van der Waals surface area contributed by atoms with E-state index in [4.69, 9.17) is 5.11 Å². The summed E-state index contributed by atoms with van der Waals surface area (Å²) in [5, 5.41) is 8.63. The smallest absolute Gasteiger partial charge is 0.115 e. The van der Waals surface area contributed by atoms with E-state index in [0.717, 1.165) is 0 Å². The number of halogens is 4. The SMILES string of the molecule is Cl.Cl.Cl.F.Oc1ccccc1. The molecular formula is C6H10Cl3FO. The maximum Gasteiger partial charge on any atom is 0.115 e. The third-order valence-electron chi connectivity index (χ3n) is 0.756. The van der Waals surface area contributed by atoms with Crippen molar-refractivity contribution >= 4 is 37.2 Å². The Morgan fingerprint density at radius 1 is 0.818 bits per heavy atom. The van der Waals surface area contributed by atoms with Gasteiger partial charge in [0, 0.05) is 0 Å². The summed E-state index contributed by atoms with van der Waals surface area (Å²) in [4.78, 5) is 0. The first-order valence-electron chi connectivity index (χ1n) is 2.13. The van der Waals surface area contributed by atoms with Crippen molar-refractivity contribution in [3.63, 3.8) is 0 Å². The highest BCUT2D eigenvalue weighted by Gasteiger charge is 1.74. The average molecular weight is 224 g/mol. The average Bonchev–Trinajstić information content (AvgIpc) is 1.69. The highest BCUT2D eigenvalue weighted by Crippen LogP contribution is 2.02. The number of phenolic OH excluding ortho intramolecular Hbond substituents is 1. The van der Waals surface area contributed by atoms with E-state index in [1.54, 1.807) is 24.3 Å². The highest BCUT2D eigenvalue weighted by atomic mass is 35.5. The quantitative estimate of drug-likeness (QED) is 0.717. The van der Waals surface area contributed by atoms with Gasteiger partial charge in [0.25, 0.3) is 0 Å². The lowest BCUT2D eigenvalue weighted by molar-refractivity contribution is 0.475. The number of para-hydroxylation sites is 1. The fraction of sp³-hybridized carbons (Fsp3) is 0. The molecule has 1 N–H and O–H groups in total. The van der Waals surface area contributed by atoms with E-state index in [1.807, 2.05) is 6.07 Å². The summed E-state index contributed by atoms with van der Waals surface area (Å²) in [6, 6.07) is 8.71. The van der Waals surface area contributed by atoms with Gasteiger partial charge in [-0.2, -0.15) is 0 Å². The molecule has 68 valence electrons. The van der Waals surface area contributed by atoms with Gasteiger partial charge in [-0.25, -0.2) is 0 Å². The second kappa shape index (κ2) is 12.5. The van der Waals surface area contributed by atoms with Crippen molar-refractivity contribution in [1.29, 1.82) is 0 Å². The first-order chi connectivity index (χ1) is 3.39. The Kier molecular flexibility index (Phi) is 25.5. The minimum absolute atomic E-state index is 0. The summed E-state index contributed by atoms with van der Waals surface area (Å²) in [5.41, 5.74) is 0. The van der Waals surface area contributed by atoms with Gasteiger partial charge in [-0.1, -0.05) is 18.2 Å². The minimum Gasteiger partial charge on any atom is -0.508 e. The van der Waals surface area contributed by atoms with Crippen LogP contribution in [0.2, 0.25) is 0 Å². The van der Waals surface area contributed by atoms with Crippen LogP contribution < -0.4 is 0 Å². The summed E-state index contributed by atoms with van der Waals surface area (Å²) in [6.45, 7) is 0. The molecule has 0 heterocycles. The molecule has 0 radical (unpaired) electrons. The topological polar surface area (TPSA) is 20.2 Å². The number of benzene rings is 1. The molecule has 0 aromatic heterocycles. The van der Waals surface area contributed by atoms with Crippen LogP contribution in [0.4, 0.5) is 4.70 Å². The molecule has 1 rings (SSSR count).